The zero-order chi connectivity index (χ0) is 26.8. The number of hydrogen-bond acceptors (Lipinski definition) is 2. The number of benzene rings is 2. The molecule has 0 bridgehead atoms. The Bertz CT molecular complexity index is 1110. The average Bonchev–Trinajstić information content (AvgIpc) is 3.53. The predicted molar refractivity (Wildman–Crippen MR) is 152 cm³/mol. The molecular weight excluding hydrogens is 585 g/mol. The van der Waals surface area contributed by atoms with Crippen LogP contribution in [0.3, 0.4) is 0 Å². The van der Waals surface area contributed by atoms with E-state index in [4.69, 9.17) is 23.2 Å². The zero-order valence-corrected chi connectivity index (χ0v) is 27.2. The summed E-state index contributed by atoms with van der Waals surface area (Å²) < 4.78 is 0. The first kappa shape index (κ1) is 30.5. The van der Waals surface area contributed by atoms with Gasteiger partial charge in [0.15, 0.2) is 0 Å². The minimum atomic E-state index is -0.722. The fourth-order valence-corrected chi connectivity index (χ4v) is 7.92. The second kappa shape index (κ2) is 13.5. The molecule has 2 atom stereocenters. The molecular formula is C32H38Cl2O4Zn. The molecule has 4 aliphatic rings. The molecule has 0 amide bonds. The minimum Gasteiger partial charge on any atom is -0.481 e. The van der Waals surface area contributed by atoms with Gasteiger partial charge in [0.1, 0.15) is 0 Å². The second-order valence-corrected chi connectivity index (χ2v) is 12.5. The van der Waals surface area contributed by atoms with Crippen LogP contribution in [0.5, 0.6) is 0 Å². The van der Waals surface area contributed by atoms with Gasteiger partial charge < -0.3 is 10.2 Å². The predicted octanol–water partition coefficient (Wildman–Crippen LogP) is 9.00. The van der Waals surface area contributed by atoms with E-state index in [0.717, 1.165) is 46.9 Å². The van der Waals surface area contributed by atoms with Gasteiger partial charge in [-0.2, -0.15) is 0 Å². The van der Waals surface area contributed by atoms with Crippen molar-refractivity contribution >= 4 is 35.1 Å². The first-order valence-electron chi connectivity index (χ1n) is 14.4. The summed E-state index contributed by atoms with van der Waals surface area (Å²) >= 11 is 12.8. The molecule has 206 valence electrons. The van der Waals surface area contributed by atoms with Crippen molar-refractivity contribution in [1.82, 2.24) is 0 Å². The maximum Gasteiger partial charge on any atom is 0.310 e. The quantitative estimate of drug-likeness (QED) is 0.334. The number of carboxylic acid groups (broad SMARTS) is 2. The number of aliphatic carboxylic acids is 2. The third kappa shape index (κ3) is 6.74. The zero-order valence-electron chi connectivity index (χ0n) is 22.7. The molecule has 2 aromatic carbocycles. The molecule has 7 heteroatoms. The summed E-state index contributed by atoms with van der Waals surface area (Å²) in [4.78, 5) is 22.4. The van der Waals surface area contributed by atoms with Crippen molar-refractivity contribution < 1.29 is 39.3 Å². The smallest absolute Gasteiger partial charge is 0.310 e. The third-order valence-corrected chi connectivity index (χ3v) is 10.0. The van der Waals surface area contributed by atoms with Crippen LogP contribution in [-0.4, -0.2) is 22.2 Å². The van der Waals surface area contributed by atoms with E-state index in [2.05, 4.69) is 12.1 Å². The summed E-state index contributed by atoms with van der Waals surface area (Å²) in [5, 5.41) is 20.0. The molecule has 0 saturated heterocycles. The fourth-order valence-electron chi connectivity index (χ4n) is 7.26. The van der Waals surface area contributed by atoms with Crippen molar-refractivity contribution in [2.75, 3.05) is 0 Å². The van der Waals surface area contributed by atoms with E-state index in [-0.39, 0.29) is 31.3 Å². The first-order valence-corrected chi connectivity index (χ1v) is 15.2. The third-order valence-electron chi connectivity index (χ3n) is 9.36. The number of fused-ring (bicyclic) bond motifs is 2. The van der Waals surface area contributed by atoms with Crippen LogP contribution < -0.4 is 0 Å². The van der Waals surface area contributed by atoms with E-state index in [0.29, 0.717) is 11.8 Å². The van der Waals surface area contributed by atoms with E-state index in [1.54, 1.807) is 0 Å². The van der Waals surface area contributed by atoms with Crippen LogP contribution in [0.15, 0.2) is 24.3 Å². The normalized spacial score (nSPS) is 22.7. The van der Waals surface area contributed by atoms with E-state index < -0.39 is 11.9 Å². The molecule has 2 fully saturated rings. The van der Waals surface area contributed by atoms with Crippen molar-refractivity contribution in [2.24, 2.45) is 0 Å². The van der Waals surface area contributed by atoms with Crippen LogP contribution in [0.25, 0.3) is 0 Å². The fraction of sp³-hybridized carbons (Fsp3) is 0.562. The Morgan fingerprint density at radius 3 is 1.26 bits per heavy atom. The van der Waals surface area contributed by atoms with Gasteiger partial charge in [-0.3, -0.25) is 9.59 Å². The molecule has 0 heterocycles. The van der Waals surface area contributed by atoms with Crippen LogP contribution in [0.1, 0.15) is 134 Å². The van der Waals surface area contributed by atoms with Crippen LogP contribution in [0.4, 0.5) is 0 Å². The average molecular weight is 623 g/mol. The van der Waals surface area contributed by atoms with Gasteiger partial charge in [-0.1, -0.05) is 73.9 Å². The largest absolute Gasteiger partial charge is 0.481 e. The number of carboxylic acids is 2. The van der Waals surface area contributed by atoms with Crippen molar-refractivity contribution in [3.63, 3.8) is 0 Å². The topological polar surface area (TPSA) is 74.6 Å². The van der Waals surface area contributed by atoms with Gasteiger partial charge in [0.05, 0.1) is 11.8 Å². The molecule has 0 radical (unpaired) electrons. The van der Waals surface area contributed by atoms with E-state index in [1.165, 1.54) is 86.5 Å². The standard InChI is InChI=1S/2C16H19ClO2.Zn/c2*17-15-9-13-11(6-7-12(13)16(18)19)8-14(15)10-4-2-1-3-5-10;/h2*8-10,12H,1-7H2,(H,18,19);. The summed E-state index contributed by atoms with van der Waals surface area (Å²) in [7, 11) is 0. The molecule has 2 saturated carbocycles. The number of aryl methyl sites for hydroxylation is 2. The molecule has 6 rings (SSSR count). The Morgan fingerprint density at radius 2 is 0.923 bits per heavy atom. The molecule has 4 nitrogen and oxygen atoms in total. The van der Waals surface area contributed by atoms with Crippen LogP contribution >= 0.6 is 23.2 Å². The molecule has 0 spiro atoms. The summed E-state index contributed by atoms with van der Waals surface area (Å²) in [6, 6.07) is 8.23. The van der Waals surface area contributed by atoms with Crippen molar-refractivity contribution in [3.05, 3.63) is 67.7 Å². The monoisotopic (exact) mass is 620 g/mol. The van der Waals surface area contributed by atoms with Gasteiger partial charge in [-0.25, -0.2) is 0 Å². The Hall–Kier alpha value is -1.42. The molecule has 39 heavy (non-hydrogen) atoms. The van der Waals surface area contributed by atoms with Gasteiger partial charge in [-0.05, 0) is 109 Å². The van der Waals surface area contributed by atoms with Crippen LogP contribution in [0.2, 0.25) is 10.0 Å². The molecule has 2 aromatic rings. The molecule has 0 aliphatic heterocycles. The Labute approximate surface area is 254 Å². The van der Waals surface area contributed by atoms with E-state index in [1.807, 2.05) is 12.1 Å². The maximum atomic E-state index is 11.2. The minimum absolute atomic E-state index is 0. The van der Waals surface area contributed by atoms with Gasteiger partial charge in [0.2, 0.25) is 0 Å². The van der Waals surface area contributed by atoms with Crippen molar-refractivity contribution in [3.8, 4) is 0 Å². The Morgan fingerprint density at radius 1 is 0.564 bits per heavy atom. The number of carbonyl (C=O) groups is 2. The van der Waals surface area contributed by atoms with Crippen molar-refractivity contribution in [2.45, 2.75) is 114 Å². The molecule has 2 N–H and O–H groups in total. The summed E-state index contributed by atoms with van der Waals surface area (Å²) in [6.07, 6.45) is 15.9. The summed E-state index contributed by atoms with van der Waals surface area (Å²) in [6.45, 7) is 0. The molecule has 0 aromatic heterocycles. The Balaban J connectivity index is 0.000000176. The van der Waals surface area contributed by atoms with Crippen LogP contribution in [-0.2, 0) is 41.9 Å². The number of hydrogen-bond donors (Lipinski definition) is 2. The first-order chi connectivity index (χ1) is 18.3. The van der Waals surface area contributed by atoms with Crippen molar-refractivity contribution in [1.29, 1.82) is 0 Å². The summed E-state index contributed by atoms with van der Waals surface area (Å²) in [5.41, 5.74) is 6.81. The van der Waals surface area contributed by atoms with Crippen LogP contribution in [0, 0.1) is 0 Å². The molecule has 4 aliphatic carbocycles. The summed E-state index contributed by atoms with van der Waals surface area (Å²) in [5.74, 6) is -0.993. The van der Waals surface area contributed by atoms with Gasteiger partial charge >= 0.3 is 11.9 Å². The van der Waals surface area contributed by atoms with Gasteiger partial charge in [0, 0.05) is 29.5 Å². The molecule has 2 unspecified atom stereocenters. The number of halogens is 2. The Kier molecular flexibility index (Phi) is 10.6. The van der Waals surface area contributed by atoms with E-state index >= 15 is 0 Å². The second-order valence-electron chi connectivity index (χ2n) is 11.7. The number of rotatable bonds is 4. The SMILES string of the molecule is O=C(O)C1CCc2cc(C3CCCCC3)c(Cl)cc21.O=C(O)C1CCc2cc(C3CCCCC3)c(Cl)cc21.[Zn]. The van der Waals surface area contributed by atoms with Gasteiger partial charge in [0.25, 0.3) is 0 Å². The van der Waals surface area contributed by atoms with Gasteiger partial charge in [-0.15, -0.1) is 0 Å². The maximum absolute atomic E-state index is 11.2. The van der Waals surface area contributed by atoms with E-state index in [9.17, 15) is 19.8 Å².